The number of rotatable bonds is 10. The number of fused-ring (bicyclic) bond motifs is 1. The van der Waals surface area contributed by atoms with Crippen molar-refractivity contribution >= 4 is 24.0 Å². The fraction of sp³-hybridized carbons (Fsp3) is 0.353. The van der Waals surface area contributed by atoms with Gasteiger partial charge in [0, 0.05) is 24.8 Å². The standard InChI is InChI=1S/C34H34F3N3O3/c35-34(36,37)27-16-13-24(14-17-27)32-29(11-4-5-12-31(41)42)39-30-20-26(15-18-28(30)40-32)33(43)38-21-22-7-6-10-25(19-22)23-8-2-1-3-9-23/h1-3,6-9,13,16-20,24-26H,4-5,10-12,14-15,21H2,(H,38,43)(H,41,42). The van der Waals surface area contributed by atoms with E-state index in [1.54, 1.807) is 6.08 Å². The molecule has 0 aliphatic heterocycles. The Morgan fingerprint density at radius 2 is 1.74 bits per heavy atom. The van der Waals surface area contributed by atoms with Crippen LogP contribution in [0.15, 0.2) is 77.9 Å². The van der Waals surface area contributed by atoms with Crippen molar-refractivity contribution < 1.29 is 27.9 Å². The van der Waals surface area contributed by atoms with Gasteiger partial charge >= 0.3 is 12.1 Å². The van der Waals surface area contributed by atoms with E-state index in [9.17, 15) is 22.8 Å². The molecule has 3 atom stereocenters. The third kappa shape index (κ3) is 7.77. The second-order valence-corrected chi connectivity index (χ2v) is 11.1. The number of aryl methyl sites for hydroxylation is 1. The summed E-state index contributed by atoms with van der Waals surface area (Å²) in [5, 5.41) is 13.2. The zero-order valence-corrected chi connectivity index (χ0v) is 23.7. The molecule has 1 aromatic heterocycles. The lowest BCUT2D eigenvalue weighted by Gasteiger charge is -2.21. The van der Waals surface area contributed by atoms with Crippen LogP contribution in [0.3, 0.4) is 0 Å². The van der Waals surface area contributed by atoms with Gasteiger partial charge in [0.25, 0.3) is 0 Å². The maximum absolute atomic E-state index is 13.2. The summed E-state index contributed by atoms with van der Waals surface area (Å²) in [6, 6.07) is 10.3. The third-order valence-electron chi connectivity index (χ3n) is 7.98. The van der Waals surface area contributed by atoms with Gasteiger partial charge in [-0.25, -0.2) is 9.97 Å². The summed E-state index contributed by atoms with van der Waals surface area (Å²) in [5.74, 6) is -1.54. The number of aromatic nitrogens is 2. The molecule has 43 heavy (non-hydrogen) atoms. The Labute approximate surface area is 248 Å². The monoisotopic (exact) mass is 589 g/mol. The molecule has 6 nitrogen and oxygen atoms in total. The molecule has 2 N–H and O–H groups in total. The van der Waals surface area contributed by atoms with Crippen LogP contribution in [0.5, 0.6) is 0 Å². The van der Waals surface area contributed by atoms with Crippen LogP contribution in [0.25, 0.3) is 12.2 Å². The van der Waals surface area contributed by atoms with Crippen molar-refractivity contribution in [1.29, 1.82) is 0 Å². The van der Waals surface area contributed by atoms with Gasteiger partial charge in [0.15, 0.2) is 0 Å². The number of amides is 1. The van der Waals surface area contributed by atoms with E-state index in [-0.39, 0.29) is 30.6 Å². The number of alkyl halides is 3. The van der Waals surface area contributed by atoms with Crippen LogP contribution < -0.4 is 16.0 Å². The summed E-state index contributed by atoms with van der Waals surface area (Å²) in [7, 11) is 0. The van der Waals surface area contributed by atoms with Crippen LogP contribution >= 0.6 is 0 Å². The Balaban J connectivity index is 1.31. The minimum absolute atomic E-state index is 0.0224. The molecule has 224 valence electrons. The van der Waals surface area contributed by atoms with E-state index in [1.807, 2.05) is 30.4 Å². The third-order valence-corrected chi connectivity index (χ3v) is 7.98. The highest BCUT2D eigenvalue weighted by Gasteiger charge is 2.33. The van der Waals surface area contributed by atoms with E-state index in [4.69, 9.17) is 15.1 Å². The van der Waals surface area contributed by atoms with Crippen LogP contribution in [0.1, 0.15) is 67.3 Å². The SMILES string of the molecule is O=C(O)CCCCc1nc2c(nc1C1C=CC(C(F)(F)F)=CC1)=CCC(C(=O)NCC1=CC(c3ccccc3)CC=C1)C=2. The topological polar surface area (TPSA) is 92.2 Å². The van der Waals surface area contributed by atoms with Crippen molar-refractivity contribution in [2.45, 2.75) is 63.0 Å². The normalized spacial score (nSPS) is 21.1. The Kier molecular flexibility index (Phi) is 9.38. The first kappa shape index (κ1) is 30.2. The Morgan fingerprint density at radius 1 is 0.930 bits per heavy atom. The summed E-state index contributed by atoms with van der Waals surface area (Å²) in [4.78, 5) is 33.8. The number of unbranched alkanes of at least 4 members (excludes halogenated alkanes) is 1. The van der Waals surface area contributed by atoms with E-state index in [0.717, 1.165) is 18.1 Å². The molecule has 0 bridgehead atoms. The molecule has 5 rings (SSSR count). The summed E-state index contributed by atoms with van der Waals surface area (Å²) in [6.45, 7) is 0.413. The second kappa shape index (κ2) is 13.4. The number of hydrogen-bond acceptors (Lipinski definition) is 4. The van der Waals surface area contributed by atoms with E-state index < -0.39 is 23.6 Å². The van der Waals surface area contributed by atoms with Crippen LogP contribution in [0.2, 0.25) is 0 Å². The summed E-state index contributed by atoms with van der Waals surface area (Å²) in [5.41, 5.74) is 2.82. The van der Waals surface area contributed by atoms with Crippen molar-refractivity contribution in [2.75, 3.05) is 6.54 Å². The lowest BCUT2D eigenvalue weighted by molar-refractivity contribution is -0.137. The van der Waals surface area contributed by atoms with Crippen molar-refractivity contribution in [3.05, 3.63) is 106 Å². The molecule has 9 heteroatoms. The number of carbonyl (C=O) groups is 2. The molecule has 0 fully saturated rings. The zero-order valence-electron chi connectivity index (χ0n) is 23.7. The molecular formula is C34H34F3N3O3. The highest BCUT2D eigenvalue weighted by Crippen LogP contribution is 2.34. The minimum Gasteiger partial charge on any atom is -0.481 e. The molecule has 0 saturated carbocycles. The smallest absolute Gasteiger partial charge is 0.416 e. The van der Waals surface area contributed by atoms with E-state index in [1.165, 1.54) is 17.7 Å². The number of aliphatic carboxylic acids is 1. The average Bonchev–Trinajstić information content (AvgIpc) is 3.01. The van der Waals surface area contributed by atoms with E-state index in [2.05, 4.69) is 29.6 Å². The molecule has 3 unspecified atom stereocenters. The van der Waals surface area contributed by atoms with Gasteiger partial charge in [0.1, 0.15) is 0 Å². The first-order valence-corrected chi connectivity index (χ1v) is 14.6. The average molecular weight is 590 g/mol. The molecule has 1 amide bonds. The molecule has 0 spiro atoms. The van der Waals surface area contributed by atoms with Crippen molar-refractivity contribution in [2.24, 2.45) is 5.92 Å². The van der Waals surface area contributed by atoms with Gasteiger partial charge < -0.3 is 10.4 Å². The zero-order chi connectivity index (χ0) is 30.4. The highest BCUT2D eigenvalue weighted by molar-refractivity contribution is 5.85. The van der Waals surface area contributed by atoms with E-state index >= 15 is 0 Å². The predicted octanol–water partition coefficient (Wildman–Crippen LogP) is 5.17. The number of nitrogens with zero attached hydrogens (tertiary/aromatic N) is 2. The molecule has 1 aromatic carbocycles. The molecule has 0 radical (unpaired) electrons. The number of halogens is 3. The number of carboxylic acids is 1. The van der Waals surface area contributed by atoms with Gasteiger partial charge in [-0.1, -0.05) is 72.9 Å². The summed E-state index contributed by atoms with van der Waals surface area (Å²) in [6.07, 6.45) is 12.3. The van der Waals surface area contributed by atoms with Gasteiger partial charge in [-0.05, 0) is 55.7 Å². The molecule has 2 aromatic rings. The molecule has 3 aliphatic rings. The lowest BCUT2D eigenvalue weighted by atomic mass is 9.89. The van der Waals surface area contributed by atoms with Gasteiger partial charge in [-0.2, -0.15) is 13.2 Å². The van der Waals surface area contributed by atoms with Crippen molar-refractivity contribution in [3.8, 4) is 0 Å². The van der Waals surface area contributed by atoms with Gasteiger partial charge in [-0.15, -0.1) is 0 Å². The Morgan fingerprint density at radius 3 is 2.47 bits per heavy atom. The summed E-state index contributed by atoms with van der Waals surface area (Å²) < 4.78 is 39.5. The molecule has 0 saturated heterocycles. The number of nitrogens with one attached hydrogen (secondary N) is 1. The number of carboxylic acid groups (broad SMARTS) is 1. The number of benzene rings is 1. The molecule has 1 heterocycles. The van der Waals surface area contributed by atoms with Crippen molar-refractivity contribution in [3.63, 3.8) is 0 Å². The van der Waals surface area contributed by atoms with Gasteiger partial charge in [0.2, 0.25) is 5.91 Å². The Bertz CT molecular complexity index is 1610. The number of hydrogen-bond donors (Lipinski definition) is 2. The van der Waals surface area contributed by atoms with E-state index in [0.29, 0.717) is 54.3 Å². The quantitative estimate of drug-likeness (QED) is 0.373. The maximum Gasteiger partial charge on any atom is 0.416 e. The van der Waals surface area contributed by atoms with Gasteiger partial charge in [0.05, 0.1) is 33.6 Å². The number of allylic oxidation sites excluding steroid dienone is 6. The predicted molar refractivity (Wildman–Crippen MR) is 158 cm³/mol. The van der Waals surface area contributed by atoms with Crippen LogP contribution in [0.4, 0.5) is 13.2 Å². The lowest BCUT2D eigenvalue weighted by Crippen LogP contribution is -2.41. The van der Waals surface area contributed by atoms with Crippen LogP contribution in [-0.2, 0) is 16.0 Å². The largest absolute Gasteiger partial charge is 0.481 e. The minimum atomic E-state index is -4.41. The first-order chi connectivity index (χ1) is 20.7. The van der Waals surface area contributed by atoms with Crippen LogP contribution in [0, 0.1) is 5.92 Å². The fourth-order valence-corrected chi connectivity index (χ4v) is 5.67. The second-order valence-electron chi connectivity index (χ2n) is 11.1. The van der Waals surface area contributed by atoms with Gasteiger partial charge in [-0.3, -0.25) is 9.59 Å². The first-order valence-electron chi connectivity index (χ1n) is 14.6. The summed E-state index contributed by atoms with van der Waals surface area (Å²) >= 11 is 0. The Hall–Kier alpha value is -4.27. The number of carbonyl (C=O) groups excluding carboxylic acids is 1. The molecular weight excluding hydrogens is 555 g/mol. The fourth-order valence-electron chi connectivity index (χ4n) is 5.67. The van der Waals surface area contributed by atoms with Crippen LogP contribution in [-0.4, -0.2) is 39.7 Å². The maximum atomic E-state index is 13.2. The molecule has 3 aliphatic carbocycles. The van der Waals surface area contributed by atoms with Crippen molar-refractivity contribution in [1.82, 2.24) is 15.3 Å². The highest BCUT2D eigenvalue weighted by atomic mass is 19.4.